The lowest BCUT2D eigenvalue weighted by molar-refractivity contribution is -0.136. The van der Waals surface area contributed by atoms with Crippen molar-refractivity contribution in [1.29, 1.82) is 0 Å². The Bertz CT molecular complexity index is 2510. The fourth-order valence-corrected chi connectivity index (χ4v) is 9.29. The van der Waals surface area contributed by atoms with Gasteiger partial charge in [0, 0.05) is 32.2 Å². The molecule has 3 aromatic carbocycles. The summed E-state index contributed by atoms with van der Waals surface area (Å²) >= 11 is 0. The van der Waals surface area contributed by atoms with Gasteiger partial charge in [-0.25, -0.2) is 19.6 Å². The normalized spacial score (nSPS) is 19.8. The van der Waals surface area contributed by atoms with Gasteiger partial charge in [0.1, 0.15) is 23.7 Å². The van der Waals surface area contributed by atoms with Gasteiger partial charge in [-0.1, -0.05) is 76.2 Å². The number of nitrogens with zero attached hydrogens (tertiary/aromatic N) is 4. The number of methoxy groups -OCH3 is 3. The number of rotatable bonds is 15. The molecule has 0 bridgehead atoms. The first kappa shape index (κ1) is 45.3. The number of hydrogen-bond donors (Lipinski definition) is 4. The molecule has 0 unspecified atom stereocenters. The molecule has 4 N–H and O–H groups in total. The van der Waals surface area contributed by atoms with E-state index in [1.807, 2.05) is 38.8 Å². The van der Waals surface area contributed by atoms with Gasteiger partial charge in [0.25, 0.3) is 0 Å². The van der Waals surface area contributed by atoms with Gasteiger partial charge < -0.3 is 49.3 Å². The Kier molecular flexibility index (Phi) is 13.3. The molecule has 16 nitrogen and oxygen atoms in total. The molecule has 2 saturated heterocycles. The number of nitrogens with one attached hydrogen (secondary N) is 4. The van der Waals surface area contributed by atoms with Gasteiger partial charge in [-0.15, -0.1) is 0 Å². The van der Waals surface area contributed by atoms with Gasteiger partial charge in [0.05, 0.1) is 69.4 Å². The van der Waals surface area contributed by atoms with Gasteiger partial charge in [-0.2, -0.15) is 0 Å². The van der Waals surface area contributed by atoms with Crippen molar-refractivity contribution < 1.29 is 38.1 Å². The molecule has 2 aliphatic heterocycles. The summed E-state index contributed by atoms with van der Waals surface area (Å²) in [5, 5.41) is 7.64. The highest BCUT2D eigenvalue weighted by Gasteiger charge is 2.55. The molecule has 65 heavy (non-hydrogen) atoms. The molecule has 4 amide bonds. The van der Waals surface area contributed by atoms with Crippen LogP contribution in [-0.4, -0.2) is 120 Å². The zero-order chi connectivity index (χ0) is 46.0. The quantitative estimate of drug-likeness (QED) is 0.0770. The molecule has 3 aliphatic rings. The number of likely N-dealkylation sites (tertiary alicyclic amines) is 2. The number of fused-ring (bicyclic) bond motifs is 1. The highest BCUT2D eigenvalue weighted by molar-refractivity contribution is 5.91. The van der Waals surface area contributed by atoms with Crippen LogP contribution in [0.25, 0.3) is 44.4 Å². The highest BCUT2D eigenvalue weighted by atomic mass is 16.5. The number of H-pyrrole nitrogens is 2. The summed E-state index contributed by atoms with van der Waals surface area (Å²) in [5.74, 6) is 0.766. The van der Waals surface area contributed by atoms with Crippen LogP contribution in [0.15, 0.2) is 73.1 Å². The monoisotopic (exact) mass is 888 g/mol. The van der Waals surface area contributed by atoms with Gasteiger partial charge in [-0.3, -0.25) is 9.59 Å². The van der Waals surface area contributed by atoms with E-state index in [9.17, 15) is 19.2 Å². The Labute approximate surface area is 379 Å². The fourth-order valence-electron chi connectivity index (χ4n) is 9.29. The van der Waals surface area contributed by atoms with E-state index in [0.717, 1.165) is 69.5 Å². The molecule has 0 radical (unpaired) electrons. The Morgan fingerprint density at radius 3 is 1.78 bits per heavy atom. The average Bonchev–Trinajstić information content (AvgIpc) is 3.80. The summed E-state index contributed by atoms with van der Waals surface area (Å²) in [6, 6.07) is 19.0. The highest BCUT2D eigenvalue weighted by Crippen LogP contribution is 2.58. The minimum atomic E-state index is -0.780. The average molecular weight is 889 g/mol. The fraction of sp³-hybridized carbons (Fsp3) is 0.469. The van der Waals surface area contributed by atoms with Crippen LogP contribution in [-0.2, 0) is 28.5 Å². The van der Waals surface area contributed by atoms with Gasteiger partial charge in [0.2, 0.25) is 11.8 Å². The third-order valence-corrected chi connectivity index (χ3v) is 13.2. The van der Waals surface area contributed by atoms with Crippen LogP contribution in [0, 0.1) is 17.3 Å². The second-order valence-corrected chi connectivity index (χ2v) is 18.3. The first-order valence-electron chi connectivity index (χ1n) is 22.5. The molecule has 344 valence electrons. The third kappa shape index (κ3) is 9.74. The molecule has 4 heterocycles. The van der Waals surface area contributed by atoms with E-state index < -0.39 is 24.3 Å². The van der Waals surface area contributed by atoms with Crippen LogP contribution in [0.3, 0.4) is 0 Å². The van der Waals surface area contributed by atoms with Gasteiger partial charge in [-0.05, 0) is 76.1 Å². The van der Waals surface area contributed by atoms with E-state index in [0.29, 0.717) is 38.5 Å². The predicted molar refractivity (Wildman–Crippen MR) is 244 cm³/mol. The molecule has 16 heteroatoms. The molecule has 1 spiro atoms. The first-order chi connectivity index (χ1) is 31.3. The number of ether oxygens (including phenoxy) is 4. The predicted octanol–water partition coefficient (Wildman–Crippen LogP) is 7.41. The standard InChI is InChI=1S/C49H60N8O8/c1-28(2)41(54-47(60)63-6)45(58)56-26-36(65-19-18-62-5)22-39(56)43-50-24-37(52-43)31-10-8-30(9-11-31)32-12-13-34-21-35(15-14-33(34)20-32)38-25-51-44(53-38)40-23-49(16-17-49)27-57(40)46(59)42(29(3)4)55-48(61)64-7/h8-15,20-21,24-25,28-29,36,39-42H,16-19,22-23,26-27H2,1-7H3,(H,50,52)(H,51,53)(H,54,60)(H,55,61)/t36-,39-,40-,41-,42-/m0/s1. The lowest BCUT2D eigenvalue weighted by Gasteiger charge is -2.30. The number of hydrogen-bond acceptors (Lipinski definition) is 10. The third-order valence-electron chi connectivity index (χ3n) is 13.2. The van der Waals surface area contributed by atoms with Crippen molar-refractivity contribution in [2.24, 2.45) is 17.3 Å². The second kappa shape index (κ2) is 19.1. The van der Waals surface area contributed by atoms with Crippen LogP contribution in [0.4, 0.5) is 9.59 Å². The maximum atomic E-state index is 14.0. The van der Waals surface area contributed by atoms with Gasteiger partial charge in [0.15, 0.2) is 0 Å². The molecular formula is C49H60N8O8. The maximum absolute atomic E-state index is 14.0. The Morgan fingerprint density at radius 1 is 0.692 bits per heavy atom. The van der Waals surface area contributed by atoms with Crippen LogP contribution in [0.2, 0.25) is 0 Å². The molecule has 1 saturated carbocycles. The number of amides is 4. The number of benzene rings is 3. The minimum absolute atomic E-state index is 0.111. The SMILES string of the molecule is COCCO[C@H]1C[C@@H](c2ncc(-c3ccc(-c4ccc5cc(-c6cnc([C@@H]7CC8(CC8)CN7C(=O)[C@@H](NC(=O)OC)C(C)C)[nH]6)ccc5c4)cc3)[nH]2)N(C(=O)[C@@H](NC(=O)OC)C(C)C)C1. The zero-order valence-electron chi connectivity index (χ0n) is 38.2. The summed E-state index contributed by atoms with van der Waals surface area (Å²) in [6.07, 6.45) is 5.66. The topological polar surface area (TPSA) is 193 Å². The first-order valence-corrected chi connectivity index (χ1v) is 22.5. The number of aromatic nitrogens is 4. The smallest absolute Gasteiger partial charge is 0.407 e. The van der Waals surface area contributed by atoms with Crippen molar-refractivity contribution in [2.75, 3.05) is 47.6 Å². The van der Waals surface area contributed by atoms with Gasteiger partial charge >= 0.3 is 12.2 Å². The summed E-state index contributed by atoms with van der Waals surface area (Å²) in [6.45, 7) is 9.45. The van der Waals surface area contributed by atoms with Crippen molar-refractivity contribution in [3.05, 3.63) is 84.7 Å². The molecule has 8 rings (SSSR count). The van der Waals surface area contributed by atoms with E-state index in [2.05, 4.69) is 81.3 Å². The summed E-state index contributed by atoms with van der Waals surface area (Å²) in [7, 11) is 4.20. The van der Waals surface area contributed by atoms with Crippen LogP contribution >= 0.6 is 0 Å². The zero-order valence-corrected chi connectivity index (χ0v) is 38.2. The van der Waals surface area contributed by atoms with Crippen LogP contribution in [0.5, 0.6) is 0 Å². The van der Waals surface area contributed by atoms with E-state index >= 15 is 0 Å². The van der Waals surface area contributed by atoms with Crippen molar-refractivity contribution in [3.8, 4) is 33.6 Å². The van der Waals surface area contributed by atoms with Crippen molar-refractivity contribution >= 4 is 34.8 Å². The van der Waals surface area contributed by atoms with E-state index in [4.69, 9.17) is 28.9 Å². The molecule has 5 aromatic rings. The summed E-state index contributed by atoms with van der Waals surface area (Å²) < 4.78 is 20.9. The molecule has 2 aromatic heterocycles. The Hall–Kier alpha value is -6.26. The van der Waals surface area contributed by atoms with Crippen molar-refractivity contribution in [1.82, 2.24) is 40.4 Å². The van der Waals surface area contributed by atoms with Crippen LogP contribution < -0.4 is 10.6 Å². The van der Waals surface area contributed by atoms with E-state index in [1.165, 1.54) is 14.2 Å². The number of alkyl carbamates (subject to hydrolysis) is 2. The van der Waals surface area contributed by atoms with Crippen LogP contribution in [0.1, 0.15) is 77.1 Å². The molecule has 1 aliphatic carbocycles. The number of imidazole rings is 2. The van der Waals surface area contributed by atoms with Crippen molar-refractivity contribution in [3.63, 3.8) is 0 Å². The maximum Gasteiger partial charge on any atom is 0.407 e. The van der Waals surface area contributed by atoms with Crippen molar-refractivity contribution in [2.45, 2.75) is 83.6 Å². The largest absolute Gasteiger partial charge is 0.453 e. The van der Waals surface area contributed by atoms with E-state index in [1.54, 1.807) is 18.2 Å². The lowest BCUT2D eigenvalue weighted by atomic mass is 9.98. The number of carbonyl (C=O) groups excluding carboxylic acids is 4. The Balaban J connectivity index is 0.962. The summed E-state index contributed by atoms with van der Waals surface area (Å²) in [5.41, 5.74) is 5.88. The molecular weight excluding hydrogens is 829 g/mol. The molecule has 3 fully saturated rings. The van der Waals surface area contributed by atoms with E-state index in [-0.39, 0.29) is 47.3 Å². The Morgan fingerprint density at radius 2 is 1.22 bits per heavy atom. The number of carbonyl (C=O) groups is 4. The molecule has 5 atom stereocenters. The number of aromatic amines is 2. The summed E-state index contributed by atoms with van der Waals surface area (Å²) in [4.78, 5) is 72.4. The lowest BCUT2D eigenvalue weighted by Crippen LogP contribution is -2.51. The minimum Gasteiger partial charge on any atom is -0.453 e. The second-order valence-electron chi connectivity index (χ2n) is 18.3.